The highest BCUT2D eigenvalue weighted by atomic mass is 32.1. The smallest absolute Gasteiger partial charge is 0.310 e. The van der Waals surface area contributed by atoms with Gasteiger partial charge in [0.25, 0.3) is 0 Å². The molecule has 2 rings (SSSR count). The van der Waals surface area contributed by atoms with E-state index < -0.39 is 5.60 Å². The first-order valence-corrected chi connectivity index (χ1v) is 7.23. The van der Waals surface area contributed by atoms with E-state index in [9.17, 15) is 4.79 Å². The Morgan fingerprint density at radius 3 is 2.45 bits per heavy atom. The van der Waals surface area contributed by atoms with Gasteiger partial charge in [-0.15, -0.1) is 11.3 Å². The average molecular weight is 290 g/mol. The molecular weight excluding hydrogens is 272 g/mol. The Bertz CT molecular complexity index is 597. The normalized spacial score (nSPS) is 11.3. The number of thiazole rings is 1. The number of anilines is 1. The zero-order chi connectivity index (χ0) is 14.8. The lowest BCUT2D eigenvalue weighted by Gasteiger charge is -2.19. The first-order valence-electron chi connectivity index (χ1n) is 6.36. The summed E-state index contributed by atoms with van der Waals surface area (Å²) in [6, 6.07) is 7.70. The highest BCUT2D eigenvalue weighted by Gasteiger charge is 2.16. The van der Waals surface area contributed by atoms with Gasteiger partial charge in [-0.05, 0) is 26.3 Å². The van der Waals surface area contributed by atoms with Crippen molar-refractivity contribution < 1.29 is 9.53 Å². The van der Waals surface area contributed by atoms with E-state index in [1.54, 1.807) is 0 Å². The molecule has 0 amide bonds. The standard InChI is InChI=1S/C15H18N2O2S/c1-15(2,3)19-13(18)8-10-4-6-11(7-5-10)12-9-20-14(16)17-12/h4-7,9H,8H2,1-3H3,(H2,16,17). The van der Waals surface area contributed by atoms with Gasteiger partial charge in [0.1, 0.15) is 5.60 Å². The number of hydrogen-bond acceptors (Lipinski definition) is 5. The minimum atomic E-state index is -0.449. The van der Waals surface area contributed by atoms with Crippen molar-refractivity contribution in [1.29, 1.82) is 0 Å². The lowest BCUT2D eigenvalue weighted by Crippen LogP contribution is -2.24. The van der Waals surface area contributed by atoms with Crippen LogP contribution in [0.5, 0.6) is 0 Å². The van der Waals surface area contributed by atoms with Crippen LogP contribution < -0.4 is 5.73 Å². The van der Waals surface area contributed by atoms with E-state index in [0.29, 0.717) is 5.13 Å². The maximum absolute atomic E-state index is 11.7. The van der Waals surface area contributed by atoms with Gasteiger partial charge in [-0.25, -0.2) is 4.98 Å². The van der Waals surface area contributed by atoms with Gasteiger partial charge in [-0.3, -0.25) is 4.79 Å². The van der Waals surface area contributed by atoms with Gasteiger partial charge in [0.15, 0.2) is 5.13 Å². The van der Waals surface area contributed by atoms with Crippen LogP contribution >= 0.6 is 11.3 Å². The Balaban J connectivity index is 2.03. The summed E-state index contributed by atoms with van der Waals surface area (Å²) in [5.74, 6) is -0.219. The SMILES string of the molecule is CC(C)(C)OC(=O)Cc1ccc(-c2csc(N)n2)cc1. The number of nitrogen functional groups attached to an aromatic ring is 1. The van der Waals surface area contributed by atoms with Gasteiger partial charge in [0.2, 0.25) is 0 Å². The number of hydrogen-bond donors (Lipinski definition) is 1. The number of rotatable bonds is 3. The molecule has 0 unspecified atom stereocenters. The fourth-order valence-corrected chi connectivity index (χ4v) is 2.33. The van der Waals surface area contributed by atoms with Crippen molar-refractivity contribution in [3.05, 3.63) is 35.2 Å². The molecule has 0 aliphatic carbocycles. The number of carbonyl (C=O) groups is 1. The Morgan fingerprint density at radius 2 is 1.95 bits per heavy atom. The summed E-state index contributed by atoms with van der Waals surface area (Å²) in [6.45, 7) is 5.59. The second-order valence-corrected chi connectivity index (χ2v) is 6.42. The Labute approximate surface area is 122 Å². The van der Waals surface area contributed by atoms with Crippen molar-refractivity contribution in [2.24, 2.45) is 0 Å². The molecule has 0 aliphatic rings. The largest absolute Gasteiger partial charge is 0.460 e. The van der Waals surface area contributed by atoms with Gasteiger partial charge in [-0.1, -0.05) is 24.3 Å². The van der Waals surface area contributed by atoms with Crippen LogP contribution in [0.1, 0.15) is 26.3 Å². The summed E-state index contributed by atoms with van der Waals surface area (Å²) in [5, 5.41) is 2.47. The van der Waals surface area contributed by atoms with Crippen LogP contribution in [0.15, 0.2) is 29.6 Å². The minimum absolute atomic E-state index is 0.219. The third kappa shape index (κ3) is 4.06. The molecule has 1 aromatic carbocycles. The zero-order valence-corrected chi connectivity index (χ0v) is 12.7. The number of benzene rings is 1. The van der Waals surface area contributed by atoms with Crippen LogP contribution in [0.4, 0.5) is 5.13 Å². The van der Waals surface area contributed by atoms with E-state index in [4.69, 9.17) is 10.5 Å². The first kappa shape index (κ1) is 14.5. The average Bonchev–Trinajstić information content (AvgIpc) is 2.74. The summed E-state index contributed by atoms with van der Waals surface area (Å²) in [4.78, 5) is 16.0. The van der Waals surface area contributed by atoms with Crippen LogP contribution in [0.2, 0.25) is 0 Å². The zero-order valence-electron chi connectivity index (χ0n) is 11.8. The van der Waals surface area contributed by atoms with Crippen LogP contribution in [0, 0.1) is 0 Å². The molecule has 0 saturated heterocycles. The molecule has 0 fully saturated rings. The molecule has 5 heteroatoms. The Kier molecular flexibility index (Phi) is 4.09. The molecule has 20 heavy (non-hydrogen) atoms. The number of ether oxygens (including phenoxy) is 1. The van der Waals surface area contributed by atoms with Crippen molar-refractivity contribution in [2.45, 2.75) is 32.8 Å². The molecule has 0 bridgehead atoms. The van der Waals surface area contributed by atoms with E-state index in [2.05, 4.69) is 4.98 Å². The van der Waals surface area contributed by atoms with Gasteiger partial charge in [0.05, 0.1) is 12.1 Å². The second-order valence-electron chi connectivity index (χ2n) is 5.53. The minimum Gasteiger partial charge on any atom is -0.460 e. The highest BCUT2D eigenvalue weighted by Crippen LogP contribution is 2.23. The van der Waals surface area contributed by atoms with Gasteiger partial charge in [0, 0.05) is 10.9 Å². The molecule has 0 saturated carbocycles. The van der Waals surface area contributed by atoms with Gasteiger partial charge < -0.3 is 10.5 Å². The van der Waals surface area contributed by atoms with Crippen LogP contribution in [0.25, 0.3) is 11.3 Å². The number of nitrogens with zero attached hydrogens (tertiary/aromatic N) is 1. The molecule has 1 aromatic heterocycles. The molecule has 0 radical (unpaired) electrons. The molecular formula is C15H18N2O2S. The topological polar surface area (TPSA) is 65.2 Å². The van der Waals surface area contributed by atoms with Crippen molar-refractivity contribution in [3.63, 3.8) is 0 Å². The number of carbonyl (C=O) groups excluding carboxylic acids is 1. The summed E-state index contributed by atoms with van der Waals surface area (Å²) >= 11 is 1.41. The fraction of sp³-hybridized carbons (Fsp3) is 0.333. The van der Waals surface area contributed by atoms with Gasteiger partial charge >= 0.3 is 5.97 Å². The van der Waals surface area contributed by atoms with Crippen LogP contribution in [-0.4, -0.2) is 16.6 Å². The summed E-state index contributed by atoms with van der Waals surface area (Å²) in [7, 11) is 0. The summed E-state index contributed by atoms with van der Waals surface area (Å²) < 4.78 is 5.29. The van der Waals surface area contributed by atoms with Crippen molar-refractivity contribution in [3.8, 4) is 11.3 Å². The lowest BCUT2D eigenvalue weighted by atomic mass is 10.1. The molecule has 2 aromatic rings. The third-order valence-corrected chi connectivity index (χ3v) is 3.21. The summed E-state index contributed by atoms with van der Waals surface area (Å²) in [6.07, 6.45) is 0.275. The Morgan fingerprint density at radius 1 is 1.30 bits per heavy atom. The van der Waals surface area contributed by atoms with E-state index in [0.717, 1.165) is 16.8 Å². The quantitative estimate of drug-likeness (QED) is 0.881. The van der Waals surface area contributed by atoms with E-state index in [1.807, 2.05) is 50.4 Å². The molecule has 106 valence electrons. The second kappa shape index (κ2) is 5.63. The molecule has 0 atom stereocenters. The Hall–Kier alpha value is -1.88. The first-order chi connectivity index (χ1) is 9.33. The predicted octanol–water partition coefficient (Wildman–Crippen LogP) is 3.28. The molecule has 0 aliphatic heterocycles. The number of esters is 1. The van der Waals surface area contributed by atoms with Gasteiger partial charge in [-0.2, -0.15) is 0 Å². The highest BCUT2D eigenvalue weighted by molar-refractivity contribution is 7.13. The molecule has 2 N–H and O–H groups in total. The van der Waals surface area contributed by atoms with Crippen molar-refractivity contribution >= 4 is 22.4 Å². The van der Waals surface area contributed by atoms with E-state index in [1.165, 1.54) is 11.3 Å². The molecule has 1 heterocycles. The van der Waals surface area contributed by atoms with E-state index in [-0.39, 0.29) is 12.4 Å². The molecule has 0 spiro atoms. The third-order valence-electron chi connectivity index (χ3n) is 2.54. The monoisotopic (exact) mass is 290 g/mol. The maximum Gasteiger partial charge on any atom is 0.310 e. The lowest BCUT2D eigenvalue weighted by molar-refractivity contribution is -0.153. The fourth-order valence-electron chi connectivity index (χ4n) is 1.76. The van der Waals surface area contributed by atoms with Crippen molar-refractivity contribution in [2.75, 3.05) is 5.73 Å². The summed E-state index contributed by atoms with van der Waals surface area (Å²) in [5.41, 5.74) is 7.94. The van der Waals surface area contributed by atoms with Crippen LogP contribution in [-0.2, 0) is 16.0 Å². The molecule has 4 nitrogen and oxygen atoms in total. The number of aromatic nitrogens is 1. The predicted molar refractivity (Wildman–Crippen MR) is 81.5 cm³/mol. The maximum atomic E-state index is 11.7. The van der Waals surface area contributed by atoms with Crippen molar-refractivity contribution in [1.82, 2.24) is 4.98 Å². The van der Waals surface area contributed by atoms with Crippen LogP contribution in [0.3, 0.4) is 0 Å². The number of nitrogens with two attached hydrogens (primary N) is 1. The van der Waals surface area contributed by atoms with E-state index >= 15 is 0 Å².